The standard InChI is InChI=1S/C24H16Cl2N4O4S/c25-15-3-5-18(17(26)8-15)29-24-30(27-10-14-1-4-16(31)9-21(14)32)20(12-35-24)13-2-6-22-19(7-13)28-23(33)11-34-22/h1-10,12,31-32H,11H2,(H,28,33). The molecular formula is C24H16Cl2N4O4S. The highest BCUT2D eigenvalue weighted by molar-refractivity contribution is 7.07. The van der Waals surface area contributed by atoms with Crippen LogP contribution in [0.1, 0.15) is 5.56 Å². The van der Waals surface area contributed by atoms with Crippen molar-refractivity contribution >= 4 is 58.0 Å². The zero-order chi connectivity index (χ0) is 24.5. The molecule has 4 aromatic rings. The van der Waals surface area contributed by atoms with Crippen LogP contribution in [0.2, 0.25) is 10.0 Å². The third-order valence-corrected chi connectivity index (χ3v) is 6.40. The third-order valence-electron chi connectivity index (χ3n) is 5.05. The van der Waals surface area contributed by atoms with E-state index in [2.05, 4.69) is 15.4 Å². The number of aromatic nitrogens is 1. The van der Waals surface area contributed by atoms with Crippen molar-refractivity contribution in [2.75, 3.05) is 11.9 Å². The number of hydrogen-bond donors (Lipinski definition) is 3. The van der Waals surface area contributed by atoms with Crippen LogP contribution in [0, 0.1) is 0 Å². The molecule has 1 aliphatic rings. The van der Waals surface area contributed by atoms with Gasteiger partial charge in [-0.05, 0) is 48.5 Å². The molecular weight excluding hydrogens is 511 g/mol. The van der Waals surface area contributed by atoms with Gasteiger partial charge in [0.15, 0.2) is 6.61 Å². The van der Waals surface area contributed by atoms with E-state index in [1.165, 1.54) is 29.7 Å². The van der Waals surface area contributed by atoms with Crippen LogP contribution in [0.3, 0.4) is 0 Å². The highest BCUT2D eigenvalue weighted by atomic mass is 35.5. The highest BCUT2D eigenvalue weighted by Gasteiger charge is 2.18. The summed E-state index contributed by atoms with van der Waals surface area (Å²) in [7, 11) is 0. The maximum Gasteiger partial charge on any atom is 0.262 e. The summed E-state index contributed by atoms with van der Waals surface area (Å²) < 4.78 is 7.05. The quantitative estimate of drug-likeness (QED) is 0.310. The first kappa shape index (κ1) is 23.0. The predicted molar refractivity (Wildman–Crippen MR) is 136 cm³/mol. The van der Waals surface area contributed by atoms with Crippen molar-refractivity contribution in [1.82, 2.24) is 4.68 Å². The van der Waals surface area contributed by atoms with Gasteiger partial charge in [-0.15, -0.1) is 11.3 Å². The summed E-state index contributed by atoms with van der Waals surface area (Å²) in [5, 5.41) is 29.8. The predicted octanol–water partition coefficient (Wildman–Crippen LogP) is 5.38. The van der Waals surface area contributed by atoms with Gasteiger partial charge in [0.1, 0.15) is 17.2 Å². The van der Waals surface area contributed by atoms with Gasteiger partial charge in [-0.1, -0.05) is 23.2 Å². The number of nitrogens with zero attached hydrogens (tertiary/aromatic N) is 3. The highest BCUT2D eigenvalue weighted by Crippen LogP contribution is 2.33. The average molecular weight is 527 g/mol. The summed E-state index contributed by atoms with van der Waals surface area (Å²) in [6.07, 6.45) is 1.46. The molecule has 1 amide bonds. The summed E-state index contributed by atoms with van der Waals surface area (Å²) in [6, 6.07) is 14.6. The number of carbonyl (C=O) groups is 1. The lowest BCUT2D eigenvalue weighted by Gasteiger charge is -2.18. The van der Waals surface area contributed by atoms with Crippen molar-refractivity contribution in [3.8, 4) is 28.5 Å². The van der Waals surface area contributed by atoms with Gasteiger partial charge in [0.25, 0.3) is 5.91 Å². The van der Waals surface area contributed by atoms with Crippen LogP contribution >= 0.6 is 34.5 Å². The first-order chi connectivity index (χ1) is 16.9. The van der Waals surface area contributed by atoms with Gasteiger partial charge in [0, 0.05) is 27.6 Å². The second-order valence-corrected chi connectivity index (χ2v) is 9.14. The lowest BCUT2D eigenvalue weighted by atomic mass is 10.1. The zero-order valence-corrected chi connectivity index (χ0v) is 20.1. The van der Waals surface area contributed by atoms with E-state index in [0.717, 1.165) is 5.56 Å². The molecule has 176 valence electrons. The van der Waals surface area contributed by atoms with Gasteiger partial charge in [-0.2, -0.15) is 5.10 Å². The molecule has 5 rings (SSSR count). The molecule has 0 unspecified atom stereocenters. The van der Waals surface area contributed by atoms with E-state index >= 15 is 0 Å². The Labute approximate surface area is 213 Å². The Morgan fingerprint density at radius 1 is 1.09 bits per heavy atom. The number of benzene rings is 3. The van der Waals surface area contributed by atoms with Gasteiger partial charge in [0.05, 0.1) is 28.3 Å². The van der Waals surface area contributed by atoms with Crippen molar-refractivity contribution in [1.29, 1.82) is 0 Å². The molecule has 0 atom stereocenters. The number of ether oxygens (including phenoxy) is 1. The molecule has 1 aliphatic heterocycles. The number of halogens is 2. The van der Waals surface area contributed by atoms with E-state index in [1.807, 2.05) is 11.4 Å². The number of aromatic hydroxyl groups is 2. The van der Waals surface area contributed by atoms with E-state index < -0.39 is 0 Å². The van der Waals surface area contributed by atoms with Gasteiger partial charge >= 0.3 is 0 Å². The molecule has 0 aliphatic carbocycles. The van der Waals surface area contributed by atoms with E-state index in [4.69, 9.17) is 27.9 Å². The molecule has 0 fully saturated rings. The van der Waals surface area contributed by atoms with Gasteiger partial charge in [-0.25, -0.2) is 9.67 Å². The molecule has 35 heavy (non-hydrogen) atoms. The maximum absolute atomic E-state index is 11.8. The first-order valence-electron chi connectivity index (χ1n) is 10.2. The molecule has 0 radical (unpaired) electrons. The second kappa shape index (κ2) is 9.46. The molecule has 3 aromatic carbocycles. The first-order valence-corrected chi connectivity index (χ1v) is 11.8. The van der Waals surface area contributed by atoms with Gasteiger partial charge < -0.3 is 20.3 Å². The fourth-order valence-corrected chi connectivity index (χ4v) is 4.67. The number of phenols is 2. The van der Waals surface area contributed by atoms with Crippen LogP contribution < -0.4 is 14.9 Å². The Hall–Kier alpha value is -3.79. The SMILES string of the molecule is O=C1COc2ccc(-c3csc(=Nc4ccc(Cl)cc4Cl)n3N=Cc3ccc(O)cc3O)cc2N1. The number of anilines is 1. The number of nitrogens with one attached hydrogen (secondary N) is 1. The fraction of sp³-hybridized carbons (Fsp3) is 0.0417. The summed E-state index contributed by atoms with van der Waals surface area (Å²) >= 11 is 13.7. The molecule has 0 saturated heterocycles. The van der Waals surface area contributed by atoms with Crippen LogP contribution in [0.5, 0.6) is 17.2 Å². The lowest BCUT2D eigenvalue weighted by molar-refractivity contribution is -0.118. The van der Waals surface area contributed by atoms with Crippen LogP contribution in [0.25, 0.3) is 11.3 Å². The molecule has 11 heteroatoms. The molecule has 0 spiro atoms. The summed E-state index contributed by atoms with van der Waals surface area (Å²) in [5.74, 6) is 0.154. The summed E-state index contributed by atoms with van der Waals surface area (Å²) in [5.41, 5.74) is 2.88. The van der Waals surface area contributed by atoms with Gasteiger partial charge in [0.2, 0.25) is 4.80 Å². The Bertz CT molecular complexity index is 1560. The minimum Gasteiger partial charge on any atom is -0.508 e. The molecule has 0 saturated carbocycles. The van der Waals surface area contributed by atoms with Crippen LogP contribution in [0.4, 0.5) is 11.4 Å². The summed E-state index contributed by atoms with van der Waals surface area (Å²) in [6.45, 7) is -0.0317. The monoisotopic (exact) mass is 526 g/mol. The third kappa shape index (κ3) is 4.88. The Balaban J connectivity index is 1.65. The topological polar surface area (TPSA) is 108 Å². The fourth-order valence-electron chi connectivity index (χ4n) is 3.37. The van der Waals surface area contributed by atoms with Crippen molar-refractivity contribution in [3.63, 3.8) is 0 Å². The van der Waals surface area contributed by atoms with Crippen LogP contribution in [-0.4, -0.2) is 33.6 Å². The molecule has 0 bridgehead atoms. The maximum atomic E-state index is 11.8. The second-order valence-electron chi connectivity index (χ2n) is 7.46. The van der Waals surface area contributed by atoms with E-state index in [1.54, 1.807) is 41.1 Å². The minimum atomic E-state index is -0.234. The van der Waals surface area contributed by atoms with E-state index in [9.17, 15) is 15.0 Å². The number of hydrogen-bond acceptors (Lipinski definition) is 7. The lowest BCUT2D eigenvalue weighted by Crippen LogP contribution is -2.25. The smallest absolute Gasteiger partial charge is 0.262 e. The molecule has 8 nitrogen and oxygen atoms in total. The number of amides is 1. The minimum absolute atomic E-state index is 0.0317. The van der Waals surface area contributed by atoms with Crippen LogP contribution in [0.15, 0.2) is 70.1 Å². The largest absolute Gasteiger partial charge is 0.508 e. The number of phenolic OH excluding ortho intramolecular Hbond substituents is 2. The normalized spacial score (nSPS) is 13.5. The Morgan fingerprint density at radius 2 is 1.94 bits per heavy atom. The summed E-state index contributed by atoms with van der Waals surface area (Å²) in [4.78, 5) is 16.9. The number of fused-ring (bicyclic) bond motifs is 1. The van der Waals surface area contributed by atoms with Crippen molar-refractivity contribution in [3.05, 3.63) is 80.4 Å². The van der Waals surface area contributed by atoms with E-state index in [0.29, 0.717) is 43.2 Å². The average Bonchev–Trinajstić information content (AvgIpc) is 3.22. The van der Waals surface area contributed by atoms with Gasteiger partial charge in [-0.3, -0.25) is 4.79 Å². The molecule has 2 heterocycles. The number of rotatable bonds is 4. The Morgan fingerprint density at radius 3 is 2.74 bits per heavy atom. The van der Waals surface area contributed by atoms with E-state index in [-0.39, 0.29) is 24.0 Å². The van der Waals surface area contributed by atoms with Crippen LogP contribution in [-0.2, 0) is 4.79 Å². The van der Waals surface area contributed by atoms with Crippen molar-refractivity contribution < 1.29 is 19.7 Å². The molecule has 1 aromatic heterocycles. The van der Waals surface area contributed by atoms with Crippen molar-refractivity contribution in [2.45, 2.75) is 0 Å². The zero-order valence-electron chi connectivity index (χ0n) is 17.8. The Kier molecular flexibility index (Phi) is 6.21. The number of carbonyl (C=O) groups excluding carboxylic acids is 1. The number of thiazole rings is 1. The van der Waals surface area contributed by atoms with Crippen molar-refractivity contribution in [2.24, 2.45) is 10.1 Å². The molecule has 3 N–H and O–H groups in total.